The highest BCUT2D eigenvalue weighted by Crippen LogP contribution is 2.13. The third-order valence-electron chi connectivity index (χ3n) is 3.05. The van der Waals surface area contributed by atoms with Gasteiger partial charge in [-0.15, -0.1) is 0 Å². The SMILES string of the molecule is CCCC(C)NC(=O)COc1ccc(CCC(=O)O)cc1. The second kappa shape index (κ2) is 9.00. The van der Waals surface area contributed by atoms with E-state index in [1.807, 2.05) is 19.1 Å². The van der Waals surface area contributed by atoms with Crippen molar-refractivity contribution in [2.24, 2.45) is 0 Å². The zero-order valence-electron chi connectivity index (χ0n) is 12.6. The minimum Gasteiger partial charge on any atom is -0.484 e. The fraction of sp³-hybridized carbons (Fsp3) is 0.500. The highest BCUT2D eigenvalue weighted by Gasteiger charge is 2.07. The fourth-order valence-corrected chi connectivity index (χ4v) is 1.97. The average molecular weight is 293 g/mol. The molecule has 0 heterocycles. The second-order valence-corrected chi connectivity index (χ2v) is 5.08. The Bertz CT molecular complexity index is 456. The van der Waals surface area contributed by atoms with Gasteiger partial charge in [-0.1, -0.05) is 25.5 Å². The summed E-state index contributed by atoms with van der Waals surface area (Å²) in [5, 5.41) is 11.5. The van der Waals surface area contributed by atoms with Crippen LogP contribution in [0.15, 0.2) is 24.3 Å². The second-order valence-electron chi connectivity index (χ2n) is 5.08. The molecule has 2 N–H and O–H groups in total. The van der Waals surface area contributed by atoms with E-state index in [2.05, 4.69) is 12.2 Å². The number of rotatable bonds is 9. The number of nitrogens with one attached hydrogen (secondary N) is 1. The van der Waals surface area contributed by atoms with E-state index in [-0.39, 0.29) is 25.0 Å². The molecule has 0 saturated carbocycles. The predicted molar refractivity (Wildman–Crippen MR) is 80.4 cm³/mol. The van der Waals surface area contributed by atoms with Gasteiger partial charge in [0, 0.05) is 12.5 Å². The van der Waals surface area contributed by atoms with E-state index in [4.69, 9.17) is 9.84 Å². The Hall–Kier alpha value is -2.04. The molecule has 5 heteroatoms. The lowest BCUT2D eigenvalue weighted by Crippen LogP contribution is -2.35. The summed E-state index contributed by atoms with van der Waals surface area (Å²) in [6.45, 7) is 4.03. The standard InChI is InChI=1S/C16H23NO4/c1-3-4-12(2)17-15(18)11-21-14-8-5-13(6-9-14)7-10-16(19)20/h5-6,8-9,12H,3-4,7,10-11H2,1-2H3,(H,17,18)(H,19,20). The Morgan fingerprint density at radius 3 is 2.52 bits per heavy atom. The molecular formula is C16H23NO4. The summed E-state index contributed by atoms with van der Waals surface area (Å²) in [6, 6.07) is 7.29. The van der Waals surface area contributed by atoms with Crippen molar-refractivity contribution >= 4 is 11.9 Å². The monoisotopic (exact) mass is 293 g/mol. The Morgan fingerprint density at radius 2 is 1.95 bits per heavy atom. The summed E-state index contributed by atoms with van der Waals surface area (Å²) >= 11 is 0. The van der Waals surface area contributed by atoms with E-state index >= 15 is 0 Å². The maximum atomic E-state index is 11.6. The summed E-state index contributed by atoms with van der Waals surface area (Å²) in [4.78, 5) is 22.1. The van der Waals surface area contributed by atoms with Crippen molar-refractivity contribution in [1.29, 1.82) is 0 Å². The van der Waals surface area contributed by atoms with Gasteiger partial charge < -0.3 is 15.2 Å². The third kappa shape index (κ3) is 7.34. The molecule has 1 aromatic carbocycles. The zero-order valence-corrected chi connectivity index (χ0v) is 12.6. The van der Waals surface area contributed by atoms with Crippen molar-refractivity contribution in [3.05, 3.63) is 29.8 Å². The molecule has 0 aliphatic carbocycles. The molecule has 0 saturated heterocycles. The smallest absolute Gasteiger partial charge is 0.303 e. The third-order valence-corrected chi connectivity index (χ3v) is 3.05. The van der Waals surface area contributed by atoms with Crippen LogP contribution in [0, 0.1) is 0 Å². The number of carboxylic acid groups (broad SMARTS) is 1. The first kappa shape index (κ1) is 17.0. The van der Waals surface area contributed by atoms with Crippen molar-refractivity contribution in [2.75, 3.05) is 6.61 Å². The van der Waals surface area contributed by atoms with E-state index in [0.717, 1.165) is 18.4 Å². The number of carbonyl (C=O) groups is 2. The lowest BCUT2D eigenvalue weighted by atomic mass is 10.1. The van der Waals surface area contributed by atoms with Crippen LogP contribution in [0.3, 0.4) is 0 Å². The minimum absolute atomic E-state index is 0.0114. The first-order valence-electron chi connectivity index (χ1n) is 7.24. The van der Waals surface area contributed by atoms with E-state index in [0.29, 0.717) is 12.2 Å². The Morgan fingerprint density at radius 1 is 1.29 bits per heavy atom. The van der Waals surface area contributed by atoms with E-state index in [1.54, 1.807) is 12.1 Å². The molecule has 1 atom stereocenters. The van der Waals surface area contributed by atoms with Crippen LogP contribution in [0.5, 0.6) is 5.75 Å². The summed E-state index contributed by atoms with van der Waals surface area (Å²) in [6.07, 6.45) is 2.58. The lowest BCUT2D eigenvalue weighted by molar-refractivity contribution is -0.137. The van der Waals surface area contributed by atoms with Crippen LogP contribution in [0.1, 0.15) is 38.7 Å². The first-order chi connectivity index (χ1) is 10.0. The van der Waals surface area contributed by atoms with Crippen LogP contribution in [-0.4, -0.2) is 29.6 Å². The van der Waals surface area contributed by atoms with Gasteiger partial charge in [0.1, 0.15) is 5.75 Å². The number of carboxylic acids is 1. The van der Waals surface area contributed by atoms with Crippen LogP contribution >= 0.6 is 0 Å². The summed E-state index contributed by atoms with van der Waals surface area (Å²) < 4.78 is 5.40. The maximum Gasteiger partial charge on any atom is 0.303 e. The van der Waals surface area contributed by atoms with Gasteiger partial charge in [0.15, 0.2) is 6.61 Å². The van der Waals surface area contributed by atoms with Crippen LogP contribution in [0.25, 0.3) is 0 Å². The average Bonchev–Trinajstić information content (AvgIpc) is 2.44. The number of carbonyl (C=O) groups excluding carboxylic acids is 1. The topological polar surface area (TPSA) is 75.6 Å². The molecule has 0 bridgehead atoms. The molecule has 5 nitrogen and oxygen atoms in total. The number of amides is 1. The van der Waals surface area contributed by atoms with Gasteiger partial charge in [-0.05, 0) is 37.5 Å². The maximum absolute atomic E-state index is 11.6. The van der Waals surface area contributed by atoms with Gasteiger partial charge in [-0.2, -0.15) is 0 Å². The summed E-state index contributed by atoms with van der Waals surface area (Å²) in [5.41, 5.74) is 0.936. The van der Waals surface area contributed by atoms with E-state index in [1.165, 1.54) is 0 Å². The summed E-state index contributed by atoms with van der Waals surface area (Å²) in [5.74, 6) is -0.341. The van der Waals surface area contributed by atoms with Crippen molar-refractivity contribution in [3.63, 3.8) is 0 Å². The molecule has 0 radical (unpaired) electrons. The largest absolute Gasteiger partial charge is 0.484 e. The number of hydrogen-bond donors (Lipinski definition) is 2. The van der Waals surface area contributed by atoms with Crippen molar-refractivity contribution in [2.45, 2.75) is 45.6 Å². The van der Waals surface area contributed by atoms with Gasteiger partial charge in [-0.3, -0.25) is 9.59 Å². The van der Waals surface area contributed by atoms with Crippen LogP contribution in [-0.2, 0) is 16.0 Å². The number of benzene rings is 1. The molecule has 0 spiro atoms. The van der Waals surface area contributed by atoms with Gasteiger partial charge in [0.2, 0.25) is 0 Å². The van der Waals surface area contributed by atoms with Crippen LogP contribution < -0.4 is 10.1 Å². The quantitative estimate of drug-likeness (QED) is 0.733. The molecule has 1 rings (SSSR count). The fourth-order valence-electron chi connectivity index (χ4n) is 1.97. The normalized spacial score (nSPS) is 11.7. The molecule has 1 unspecified atom stereocenters. The number of aryl methyl sites for hydroxylation is 1. The molecular weight excluding hydrogens is 270 g/mol. The van der Waals surface area contributed by atoms with Gasteiger partial charge in [0.05, 0.1) is 0 Å². The van der Waals surface area contributed by atoms with Crippen LogP contribution in [0.4, 0.5) is 0 Å². The molecule has 0 fully saturated rings. The van der Waals surface area contributed by atoms with Gasteiger partial charge >= 0.3 is 5.97 Å². The number of ether oxygens (including phenoxy) is 1. The minimum atomic E-state index is -0.812. The number of hydrogen-bond acceptors (Lipinski definition) is 3. The first-order valence-corrected chi connectivity index (χ1v) is 7.24. The lowest BCUT2D eigenvalue weighted by Gasteiger charge is -2.13. The molecule has 1 aromatic rings. The molecule has 0 aliphatic rings. The highest BCUT2D eigenvalue weighted by molar-refractivity contribution is 5.77. The van der Waals surface area contributed by atoms with Crippen LogP contribution in [0.2, 0.25) is 0 Å². The Kier molecular flexibility index (Phi) is 7.29. The molecule has 0 aromatic heterocycles. The molecule has 1 amide bonds. The van der Waals surface area contributed by atoms with Crippen molar-refractivity contribution in [3.8, 4) is 5.75 Å². The Balaban J connectivity index is 2.35. The summed E-state index contributed by atoms with van der Waals surface area (Å²) in [7, 11) is 0. The van der Waals surface area contributed by atoms with Crippen molar-refractivity contribution < 1.29 is 19.4 Å². The number of aliphatic carboxylic acids is 1. The zero-order chi connectivity index (χ0) is 15.7. The van der Waals surface area contributed by atoms with E-state index < -0.39 is 5.97 Å². The highest BCUT2D eigenvalue weighted by atomic mass is 16.5. The van der Waals surface area contributed by atoms with Gasteiger partial charge in [-0.25, -0.2) is 0 Å². The van der Waals surface area contributed by atoms with Gasteiger partial charge in [0.25, 0.3) is 5.91 Å². The van der Waals surface area contributed by atoms with Crippen molar-refractivity contribution in [1.82, 2.24) is 5.32 Å². The molecule has 21 heavy (non-hydrogen) atoms. The molecule has 0 aliphatic heterocycles. The van der Waals surface area contributed by atoms with E-state index in [9.17, 15) is 9.59 Å². The Labute approximate surface area is 125 Å². The molecule has 116 valence electrons. The predicted octanol–water partition coefficient (Wildman–Crippen LogP) is 2.39.